The van der Waals surface area contributed by atoms with E-state index in [0.717, 1.165) is 51.3 Å². The molecule has 1 fully saturated rings. The molecule has 0 amide bonds. The highest BCUT2D eigenvalue weighted by Gasteiger charge is 2.31. The van der Waals surface area contributed by atoms with Crippen LogP contribution in [0.25, 0.3) is 0 Å². The van der Waals surface area contributed by atoms with Crippen LogP contribution < -0.4 is 5.32 Å². The molecule has 0 bridgehead atoms. The number of nitrogens with one attached hydrogen (secondary N) is 1. The zero-order valence-electron chi connectivity index (χ0n) is 12.0. The maximum atomic E-state index is 9.66. The Morgan fingerprint density at radius 2 is 2.16 bits per heavy atom. The molecule has 19 heavy (non-hydrogen) atoms. The van der Waals surface area contributed by atoms with Crippen LogP contribution in [0, 0.1) is 0 Å². The van der Waals surface area contributed by atoms with Crippen LogP contribution in [0.5, 0.6) is 0 Å². The number of rotatable bonds is 6. The van der Waals surface area contributed by atoms with Crippen LogP contribution in [0.2, 0.25) is 0 Å². The number of nitrogens with zero attached hydrogens (tertiary/aromatic N) is 2. The van der Waals surface area contributed by atoms with Crippen LogP contribution in [0.1, 0.15) is 38.1 Å². The molecule has 1 aromatic rings. The van der Waals surface area contributed by atoms with Gasteiger partial charge in [-0.3, -0.25) is 4.68 Å². The summed E-state index contributed by atoms with van der Waals surface area (Å²) in [5, 5.41) is 17.7. The van der Waals surface area contributed by atoms with Gasteiger partial charge in [0.2, 0.25) is 0 Å². The maximum Gasteiger partial charge on any atom is 0.0625 e. The summed E-state index contributed by atoms with van der Waals surface area (Å²) >= 11 is 0. The summed E-state index contributed by atoms with van der Waals surface area (Å²) in [5.41, 5.74) is 2.13. The molecule has 0 saturated carbocycles. The van der Waals surface area contributed by atoms with E-state index in [1.54, 1.807) is 0 Å². The van der Waals surface area contributed by atoms with Crippen LogP contribution in [-0.2, 0) is 24.2 Å². The molecule has 1 saturated heterocycles. The predicted octanol–water partition coefficient (Wildman–Crippen LogP) is 1.10. The van der Waals surface area contributed by atoms with Gasteiger partial charge >= 0.3 is 0 Å². The van der Waals surface area contributed by atoms with Gasteiger partial charge in [0.1, 0.15) is 0 Å². The minimum Gasteiger partial charge on any atom is -0.394 e. The minimum absolute atomic E-state index is 0.164. The SMILES string of the molecule is CCc1cc(CNC2(CO)CCOCC2)n(CC)n1. The van der Waals surface area contributed by atoms with Crippen molar-refractivity contribution >= 4 is 0 Å². The maximum absolute atomic E-state index is 9.66. The first-order chi connectivity index (χ1) is 9.23. The summed E-state index contributed by atoms with van der Waals surface area (Å²) in [5.74, 6) is 0. The minimum atomic E-state index is -0.187. The molecule has 1 aliphatic heterocycles. The molecule has 5 nitrogen and oxygen atoms in total. The van der Waals surface area contributed by atoms with Gasteiger partial charge in [-0.05, 0) is 32.3 Å². The van der Waals surface area contributed by atoms with Crippen molar-refractivity contribution in [1.29, 1.82) is 0 Å². The van der Waals surface area contributed by atoms with Crippen molar-refractivity contribution in [3.8, 4) is 0 Å². The topological polar surface area (TPSA) is 59.3 Å². The molecule has 2 heterocycles. The summed E-state index contributed by atoms with van der Waals surface area (Å²) in [6, 6.07) is 2.15. The van der Waals surface area contributed by atoms with Crippen molar-refractivity contribution in [2.75, 3.05) is 19.8 Å². The van der Waals surface area contributed by atoms with E-state index >= 15 is 0 Å². The van der Waals surface area contributed by atoms with E-state index in [9.17, 15) is 5.11 Å². The molecule has 0 aromatic carbocycles. The quantitative estimate of drug-likeness (QED) is 0.810. The van der Waals surface area contributed by atoms with Crippen molar-refractivity contribution in [3.63, 3.8) is 0 Å². The molecule has 0 unspecified atom stereocenters. The first kappa shape index (κ1) is 14.5. The lowest BCUT2D eigenvalue weighted by atomic mass is 9.91. The number of aromatic nitrogens is 2. The summed E-state index contributed by atoms with van der Waals surface area (Å²) < 4.78 is 7.41. The van der Waals surface area contributed by atoms with Gasteiger partial charge in [-0.25, -0.2) is 0 Å². The molecule has 1 aromatic heterocycles. The Kier molecular flexibility index (Phi) is 4.96. The Balaban J connectivity index is 2.02. The Morgan fingerprint density at radius 3 is 2.74 bits per heavy atom. The zero-order chi connectivity index (χ0) is 13.7. The smallest absolute Gasteiger partial charge is 0.0625 e. The highest BCUT2D eigenvalue weighted by molar-refractivity contribution is 5.11. The number of aliphatic hydroxyl groups excluding tert-OH is 1. The third-order valence-corrected chi connectivity index (χ3v) is 3.97. The molecule has 2 N–H and O–H groups in total. The van der Waals surface area contributed by atoms with E-state index in [2.05, 4.69) is 30.3 Å². The number of aryl methyl sites for hydroxylation is 2. The molecule has 108 valence electrons. The molecule has 0 spiro atoms. The highest BCUT2D eigenvalue weighted by atomic mass is 16.5. The Morgan fingerprint density at radius 1 is 1.42 bits per heavy atom. The van der Waals surface area contributed by atoms with Gasteiger partial charge in [0.05, 0.1) is 18.0 Å². The van der Waals surface area contributed by atoms with E-state index < -0.39 is 0 Å². The van der Waals surface area contributed by atoms with Crippen LogP contribution in [-0.4, -0.2) is 40.2 Å². The van der Waals surface area contributed by atoms with Crippen molar-refractivity contribution in [2.45, 2.75) is 51.7 Å². The van der Waals surface area contributed by atoms with Crippen molar-refractivity contribution in [3.05, 3.63) is 17.5 Å². The van der Waals surface area contributed by atoms with Gasteiger partial charge in [-0.2, -0.15) is 5.10 Å². The number of ether oxygens (including phenoxy) is 1. The monoisotopic (exact) mass is 267 g/mol. The van der Waals surface area contributed by atoms with Crippen LogP contribution in [0.3, 0.4) is 0 Å². The second kappa shape index (κ2) is 6.50. The zero-order valence-corrected chi connectivity index (χ0v) is 12.0. The molecule has 5 heteroatoms. The van der Waals surface area contributed by atoms with Gasteiger partial charge in [-0.1, -0.05) is 6.92 Å². The largest absolute Gasteiger partial charge is 0.394 e. The second-order valence-corrected chi connectivity index (χ2v) is 5.20. The van der Waals surface area contributed by atoms with E-state index in [4.69, 9.17) is 4.74 Å². The van der Waals surface area contributed by atoms with E-state index in [1.807, 2.05) is 4.68 Å². The molecule has 0 radical (unpaired) electrons. The fourth-order valence-corrected chi connectivity index (χ4v) is 2.53. The van der Waals surface area contributed by atoms with Crippen LogP contribution in [0.4, 0.5) is 0 Å². The fourth-order valence-electron chi connectivity index (χ4n) is 2.53. The summed E-state index contributed by atoms with van der Waals surface area (Å²) in [7, 11) is 0. The number of hydrogen-bond acceptors (Lipinski definition) is 4. The van der Waals surface area contributed by atoms with E-state index in [0.29, 0.717) is 0 Å². The lowest BCUT2D eigenvalue weighted by molar-refractivity contribution is 0.0109. The van der Waals surface area contributed by atoms with Gasteiger partial charge < -0.3 is 15.2 Å². The first-order valence-electron chi connectivity index (χ1n) is 7.22. The third-order valence-electron chi connectivity index (χ3n) is 3.97. The molecular formula is C14H25N3O2. The standard InChI is InChI=1S/C14H25N3O2/c1-3-12-9-13(17(4-2)16-12)10-15-14(11-18)5-7-19-8-6-14/h9,15,18H,3-8,10-11H2,1-2H3. The first-order valence-corrected chi connectivity index (χ1v) is 7.22. The number of hydrogen-bond donors (Lipinski definition) is 2. The highest BCUT2D eigenvalue weighted by Crippen LogP contribution is 2.21. The van der Waals surface area contributed by atoms with Gasteiger partial charge in [-0.15, -0.1) is 0 Å². The average Bonchev–Trinajstić information content (AvgIpc) is 2.88. The Hall–Kier alpha value is -0.910. The molecule has 0 aliphatic carbocycles. The predicted molar refractivity (Wildman–Crippen MR) is 74.0 cm³/mol. The van der Waals surface area contributed by atoms with Gasteiger partial charge in [0.15, 0.2) is 0 Å². The summed E-state index contributed by atoms with van der Waals surface area (Å²) in [6.45, 7) is 7.46. The van der Waals surface area contributed by atoms with Crippen molar-refractivity contribution < 1.29 is 9.84 Å². The normalized spacial score (nSPS) is 18.7. The van der Waals surface area contributed by atoms with Crippen molar-refractivity contribution in [1.82, 2.24) is 15.1 Å². The molecular weight excluding hydrogens is 242 g/mol. The Bertz CT molecular complexity index is 397. The van der Waals surface area contributed by atoms with Gasteiger partial charge in [0, 0.05) is 31.8 Å². The third kappa shape index (κ3) is 3.35. The lowest BCUT2D eigenvalue weighted by Crippen LogP contribution is -2.52. The van der Waals surface area contributed by atoms with Crippen molar-refractivity contribution in [2.24, 2.45) is 0 Å². The fraction of sp³-hybridized carbons (Fsp3) is 0.786. The molecule has 1 aliphatic rings. The Labute approximate surface area is 115 Å². The van der Waals surface area contributed by atoms with Crippen LogP contribution in [0.15, 0.2) is 6.07 Å². The average molecular weight is 267 g/mol. The molecule has 0 atom stereocenters. The summed E-state index contributed by atoms with van der Waals surface area (Å²) in [6.07, 6.45) is 2.69. The molecule has 2 rings (SSSR count). The lowest BCUT2D eigenvalue weighted by Gasteiger charge is -2.36. The number of aliphatic hydroxyl groups is 1. The van der Waals surface area contributed by atoms with E-state index in [1.165, 1.54) is 5.69 Å². The summed E-state index contributed by atoms with van der Waals surface area (Å²) in [4.78, 5) is 0. The van der Waals surface area contributed by atoms with Gasteiger partial charge in [0.25, 0.3) is 0 Å². The van der Waals surface area contributed by atoms with E-state index in [-0.39, 0.29) is 12.1 Å². The van der Waals surface area contributed by atoms with Crippen LogP contribution >= 0.6 is 0 Å². The second-order valence-electron chi connectivity index (χ2n) is 5.20.